The molecule has 0 radical (unpaired) electrons. The number of nitrogens with one attached hydrogen (secondary N) is 1. The normalized spacial score (nSPS) is 13.1. The molecule has 1 saturated carbocycles. The van der Waals surface area contributed by atoms with Crippen LogP contribution >= 0.6 is 11.6 Å². The van der Waals surface area contributed by atoms with Gasteiger partial charge in [-0.3, -0.25) is 14.6 Å². The van der Waals surface area contributed by atoms with E-state index in [0.29, 0.717) is 60.6 Å². The number of hydrogen-bond acceptors (Lipinski definition) is 5. The van der Waals surface area contributed by atoms with E-state index < -0.39 is 0 Å². The SMILES string of the molecule is CCOCCNC(=O)c1cc2c(Oc3ccc(CC(=O)CC4CC4)c(Cl)c3)ccnc2cc1C. The van der Waals surface area contributed by atoms with Crippen LogP contribution in [0.5, 0.6) is 11.5 Å². The lowest BCUT2D eigenvalue weighted by Crippen LogP contribution is -2.27. The van der Waals surface area contributed by atoms with Crippen LogP contribution in [0.4, 0.5) is 0 Å². The van der Waals surface area contributed by atoms with Crippen LogP contribution in [0.15, 0.2) is 42.6 Å². The van der Waals surface area contributed by atoms with Crippen molar-refractivity contribution in [2.45, 2.75) is 39.5 Å². The van der Waals surface area contributed by atoms with Gasteiger partial charge in [0.15, 0.2) is 0 Å². The van der Waals surface area contributed by atoms with Crippen LogP contribution in [-0.4, -0.2) is 36.4 Å². The van der Waals surface area contributed by atoms with Gasteiger partial charge in [0, 0.05) is 48.2 Å². The first kappa shape index (κ1) is 24.2. The molecule has 0 atom stereocenters. The number of carbonyl (C=O) groups is 2. The summed E-state index contributed by atoms with van der Waals surface area (Å²) in [5.41, 5.74) is 2.92. The molecule has 0 saturated heterocycles. The van der Waals surface area contributed by atoms with Gasteiger partial charge in [-0.25, -0.2) is 0 Å². The second-order valence-corrected chi connectivity index (χ2v) is 9.07. The molecule has 4 rings (SSSR count). The summed E-state index contributed by atoms with van der Waals surface area (Å²) in [4.78, 5) is 29.4. The number of ether oxygens (including phenoxy) is 2. The van der Waals surface area contributed by atoms with Crippen LogP contribution in [0.2, 0.25) is 5.02 Å². The fraction of sp³-hybridized carbons (Fsp3) is 0.370. The first-order valence-electron chi connectivity index (χ1n) is 11.7. The average Bonchev–Trinajstić information content (AvgIpc) is 3.62. The Hall–Kier alpha value is -2.96. The molecular formula is C27H29ClN2O4. The number of ketones is 1. The molecule has 0 bridgehead atoms. The number of pyridine rings is 1. The Morgan fingerprint density at radius 3 is 2.74 bits per heavy atom. The summed E-state index contributed by atoms with van der Waals surface area (Å²) in [5, 5.41) is 4.11. The molecule has 1 fully saturated rings. The van der Waals surface area contributed by atoms with Gasteiger partial charge in [-0.05, 0) is 74.1 Å². The number of aromatic nitrogens is 1. The van der Waals surface area contributed by atoms with E-state index in [9.17, 15) is 9.59 Å². The number of hydrogen-bond donors (Lipinski definition) is 1. The first-order chi connectivity index (χ1) is 16.4. The zero-order valence-electron chi connectivity index (χ0n) is 19.5. The van der Waals surface area contributed by atoms with Gasteiger partial charge < -0.3 is 14.8 Å². The molecule has 2 aromatic carbocycles. The third-order valence-corrected chi connectivity index (χ3v) is 6.23. The number of rotatable bonds is 11. The molecule has 7 heteroatoms. The summed E-state index contributed by atoms with van der Waals surface area (Å²) in [6.07, 6.45) is 4.96. The Balaban J connectivity index is 1.52. The predicted octanol–water partition coefficient (Wildman–Crippen LogP) is 5.67. The maximum atomic E-state index is 12.7. The molecule has 0 spiro atoms. The molecule has 1 aliphatic rings. The highest BCUT2D eigenvalue weighted by atomic mass is 35.5. The molecule has 34 heavy (non-hydrogen) atoms. The van der Waals surface area contributed by atoms with Crippen LogP contribution in [-0.2, 0) is 16.0 Å². The van der Waals surface area contributed by atoms with Crippen molar-refractivity contribution in [3.05, 3.63) is 64.3 Å². The van der Waals surface area contributed by atoms with Gasteiger partial charge in [0.1, 0.15) is 17.3 Å². The largest absolute Gasteiger partial charge is 0.457 e. The zero-order valence-corrected chi connectivity index (χ0v) is 20.3. The standard InChI is InChI=1S/C27H29ClN2O4/c1-3-33-11-10-30-27(32)22-16-23-25(12-17(22)2)29-9-8-26(23)34-21-7-6-19(24(28)15-21)14-20(31)13-18-4-5-18/h6-9,12,15-16,18H,3-5,10-11,13-14H2,1-2H3,(H,30,32). The van der Waals surface area contributed by atoms with E-state index in [1.807, 2.05) is 32.0 Å². The van der Waals surface area contributed by atoms with Gasteiger partial charge in [-0.1, -0.05) is 17.7 Å². The molecule has 1 aliphatic carbocycles. The summed E-state index contributed by atoms with van der Waals surface area (Å²) >= 11 is 6.46. The van der Waals surface area contributed by atoms with Crippen LogP contribution < -0.4 is 10.1 Å². The lowest BCUT2D eigenvalue weighted by molar-refractivity contribution is -0.118. The van der Waals surface area contributed by atoms with Gasteiger partial charge in [0.05, 0.1) is 12.1 Å². The van der Waals surface area contributed by atoms with Crippen molar-refractivity contribution in [2.75, 3.05) is 19.8 Å². The highest BCUT2D eigenvalue weighted by Gasteiger charge is 2.24. The summed E-state index contributed by atoms with van der Waals surface area (Å²) in [5.74, 6) is 1.74. The quantitative estimate of drug-likeness (QED) is 0.358. The number of nitrogens with zero attached hydrogens (tertiary/aromatic N) is 1. The van der Waals surface area contributed by atoms with Gasteiger partial charge in [-0.2, -0.15) is 0 Å². The number of Topliss-reactive ketones (excluding diaryl/α,β-unsaturated/α-hetero) is 1. The molecule has 0 aliphatic heterocycles. The number of amides is 1. The second-order valence-electron chi connectivity index (χ2n) is 8.66. The maximum Gasteiger partial charge on any atom is 0.251 e. The van der Waals surface area contributed by atoms with Crippen molar-refractivity contribution in [1.82, 2.24) is 10.3 Å². The van der Waals surface area contributed by atoms with Gasteiger partial charge in [0.25, 0.3) is 5.91 Å². The average molecular weight is 481 g/mol. The molecule has 1 N–H and O–H groups in total. The monoisotopic (exact) mass is 480 g/mol. The summed E-state index contributed by atoms with van der Waals surface area (Å²) in [6, 6.07) is 10.8. The Kier molecular flexibility index (Phi) is 7.80. The summed E-state index contributed by atoms with van der Waals surface area (Å²) in [6.45, 7) is 5.32. The minimum atomic E-state index is -0.169. The van der Waals surface area contributed by atoms with Crippen molar-refractivity contribution < 1.29 is 19.1 Å². The van der Waals surface area contributed by atoms with E-state index in [1.54, 1.807) is 24.4 Å². The molecule has 6 nitrogen and oxygen atoms in total. The number of halogens is 1. The third-order valence-electron chi connectivity index (χ3n) is 5.88. The molecule has 1 heterocycles. The maximum absolute atomic E-state index is 12.7. The lowest BCUT2D eigenvalue weighted by Gasteiger charge is -2.13. The van der Waals surface area contributed by atoms with Crippen molar-refractivity contribution in [3.63, 3.8) is 0 Å². The number of benzene rings is 2. The van der Waals surface area contributed by atoms with E-state index >= 15 is 0 Å². The highest BCUT2D eigenvalue weighted by molar-refractivity contribution is 6.31. The van der Waals surface area contributed by atoms with E-state index in [-0.39, 0.29) is 11.7 Å². The number of aryl methyl sites for hydroxylation is 1. The van der Waals surface area contributed by atoms with Crippen molar-refractivity contribution >= 4 is 34.2 Å². The Morgan fingerprint density at radius 2 is 2.00 bits per heavy atom. The topological polar surface area (TPSA) is 77.5 Å². The molecule has 1 amide bonds. The van der Waals surface area contributed by atoms with E-state index in [1.165, 1.54) is 0 Å². The van der Waals surface area contributed by atoms with Gasteiger partial charge in [0.2, 0.25) is 0 Å². The molecule has 178 valence electrons. The number of carbonyl (C=O) groups excluding carboxylic acids is 2. The highest BCUT2D eigenvalue weighted by Crippen LogP contribution is 2.35. The van der Waals surface area contributed by atoms with Crippen LogP contribution in [0.3, 0.4) is 0 Å². The van der Waals surface area contributed by atoms with Crippen LogP contribution in [0.1, 0.15) is 47.7 Å². The first-order valence-corrected chi connectivity index (χ1v) is 12.1. The fourth-order valence-corrected chi connectivity index (χ4v) is 4.11. The molecule has 1 aromatic heterocycles. The van der Waals surface area contributed by atoms with E-state index in [0.717, 1.165) is 34.9 Å². The van der Waals surface area contributed by atoms with Crippen LogP contribution in [0.25, 0.3) is 10.9 Å². The molecular weight excluding hydrogens is 452 g/mol. The van der Waals surface area contributed by atoms with E-state index in [4.69, 9.17) is 21.1 Å². The van der Waals surface area contributed by atoms with Gasteiger partial charge >= 0.3 is 0 Å². The van der Waals surface area contributed by atoms with E-state index in [2.05, 4.69) is 10.3 Å². The Bertz CT molecular complexity index is 1210. The summed E-state index contributed by atoms with van der Waals surface area (Å²) < 4.78 is 11.4. The molecule has 0 unspecified atom stereocenters. The smallest absolute Gasteiger partial charge is 0.251 e. The Labute approximate surface area is 204 Å². The lowest BCUT2D eigenvalue weighted by atomic mass is 10.0. The zero-order chi connectivity index (χ0) is 24.1. The van der Waals surface area contributed by atoms with Crippen molar-refractivity contribution in [1.29, 1.82) is 0 Å². The Morgan fingerprint density at radius 1 is 1.18 bits per heavy atom. The second kappa shape index (κ2) is 11.0. The van der Waals surface area contributed by atoms with Crippen molar-refractivity contribution in [2.24, 2.45) is 5.92 Å². The van der Waals surface area contributed by atoms with Crippen LogP contribution in [0, 0.1) is 12.8 Å². The number of fused-ring (bicyclic) bond motifs is 1. The van der Waals surface area contributed by atoms with Gasteiger partial charge in [-0.15, -0.1) is 0 Å². The summed E-state index contributed by atoms with van der Waals surface area (Å²) in [7, 11) is 0. The third kappa shape index (κ3) is 6.13. The van der Waals surface area contributed by atoms with Crippen molar-refractivity contribution in [3.8, 4) is 11.5 Å². The minimum Gasteiger partial charge on any atom is -0.457 e. The minimum absolute atomic E-state index is 0.169. The fourth-order valence-electron chi connectivity index (χ4n) is 3.87. The predicted molar refractivity (Wildman–Crippen MR) is 133 cm³/mol. The molecule has 3 aromatic rings.